The highest BCUT2D eigenvalue weighted by atomic mass is 32.2. The van der Waals surface area contributed by atoms with E-state index in [9.17, 15) is 9.59 Å². The van der Waals surface area contributed by atoms with Gasteiger partial charge in [-0.2, -0.15) is 11.8 Å². The lowest BCUT2D eigenvalue weighted by Gasteiger charge is -2.48. The summed E-state index contributed by atoms with van der Waals surface area (Å²) in [5.41, 5.74) is 0. The molecule has 0 bridgehead atoms. The van der Waals surface area contributed by atoms with E-state index in [2.05, 4.69) is 6.26 Å². The molecule has 2 heterocycles. The fourth-order valence-corrected chi connectivity index (χ4v) is 4.84. The second-order valence-corrected chi connectivity index (χ2v) is 7.43. The molecule has 2 saturated heterocycles. The topological polar surface area (TPSA) is 40.6 Å². The summed E-state index contributed by atoms with van der Waals surface area (Å²) in [4.78, 5) is 29.1. The zero-order valence-electron chi connectivity index (χ0n) is 12.4. The molecular weight excluding hydrogens is 272 g/mol. The highest BCUT2D eigenvalue weighted by Crippen LogP contribution is 2.36. The second-order valence-electron chi connectivity index (χ2n) is 6.29. The first-order valence-electron chi connectivity index (χ1n) is 7.79. The Morgan fingerprint density at radius 1 is 1.10 bits per heavy atom. The summed E-state index contributed by atoms with van der Waals surface area (Å²) in [6.45, 7) is 2.68. The highest BCUT2D eigenvalue weighted by molar-refractivity contribution is 7.99. The molecule has 2 amide bonds. The van der Waals surface area contributed by atoms with Crippen molar-refractivity contribution in [1.29, 1.82) is 0 Å². The number of carbonyl (C=O) groups excluding carboxylic acids is 2. The van der Waals surface area contributed by atoms with E-state index >= 15 is 0 Å². The number of piperidine rings is 1. The Hall–Kier alpha value is -0.710. The van der Waals surface area contributed by atoms with Crippen LogP contribution in [0.4, 0.5) is 0 Å². The first-order valence-corrected chi connectivity index (χ1v) is 9.07. The number of piperazine rings is 1. The molecule has 112 valence electrons. The highest BCUT2D eigenvalue weighted by Gasteiger charge is 2.48. The number of nitrogens with zero attached hydrogens (tertiary/aromatic N) is 2. The van der Waals surface area contributed by atoms with Crippen molar-refractivity contribution in [1.82, 2.24) is 9.80 Å². The maximum Gasteiger partial charge on any atom is 0.246 e. The molecule has 2 aliphatic heterocycles. The van der Waals surface area contributed by atoms with Gasteiger partial charge in [0.2, 0.25) is 11.8 Å². The Kier molecular flexibility index (Phi) is 3.98. The van der Waals surface area contributed by atoms with Crippen LogP contribution in [0.25, 0.3) is 0 Å². The van der Waals surface area contributed by atoms with E-state index in [1.54, 1.807) is 0 Å². The molecule has 4 unspecified atom stereocenters. The monoisotopic (exact) mass is 296 g/mol. The molecule has 0 aromatic carbocycles. The van der Waals surface area contributed by atoms with E-state index in [0.717, 1.165) is 38.6 Å². The lowest BCUT2D eigenvalue weighted by atomic mass is 9.94. The zero-order valence-corrected chi connectivity index (χ0v) is 13.2. The van der Waals surface area contributed by atoms with Crippen molar-refractivity contribution in [3.05, 3.63) is 0 Å². The van der Waals surface area contributed by atoms with Crippen molar-refractivity contribution in [2.45, 2.75) is 68.8 Å². The van der Waals surface area contributed by atoms with Gasteiger partial charge in [0.1, 0.15) is 12.1 Å². The number of amides is 2. The van der Waals surface area contributed by atoms with Crippen LogP contribution in [0, 0.1) is 0 Å². The Bertz CT molecular complexity index is 415. The third-order valence-corrected chi connectivity index (χ3v) is 6.28. The first kappa shape index (κ1) is 14.2. The molecule has 0 spiro atoms. The Balaban J connectivity index is 1.80. The van der Waals surface area contributed by atoms with Gasteiger partial charge in [0.25, 0.3) is 0 Å². The van der Waals surface area contributed by atoms with Crippen LogP contribution < -0.4 is 0 Å². The van der Waals surface area contributed by atoms with Gasteiger partial charge in [-0.25, -0.2) is 0 Å². The molecule has 4 atom stereocenters. The number of thioether (sulfide) groups is 1. The van der Waals surface area contributed by atoms with Gasteiger partial charge in [0, 0.05) is 17.8 Å². The normalized spacial score (nSPS) is 38.3. The smallest absolute Gasteiger partial charge is 0.246 e. The van der Waals surface area contributed by atoms with Crippen LogP contribution >= 0.6 is 11.8 Å². The average molecular weight is 296 g/mol. The lowest BCUT2D eigenvalue weighted by Crippen LogP contribution is -2.66. The fraction of sp³-hybridized carbons (Fsp3) is 0.867. The van der Waals surface area contributed by atoms with Crippen molar-refractivity contribution in [3.8, 4) is 0 Å². The molecule has 0 aromatic heterocycles. The Morgan fingerprint density at radius 3 is 2.60 bits per heavy atom. The molecule has 3 rings (SSSR count). The molecule has 0 N–H and O–H groups in total. The molecule has 0 aromatic rings. The molecule has 3 fully saturated rings. The minimum absolute atomic E-state index is 0.166. The maximum atomic E-state index is 12.8. The Labute approximate surface area is 125 Å². The molecule has 0 radical (unpaired) electrons. The zero-order chi connectivity index (χ0) is 14.3. The van der Waals surface area contributed by atoms with Crippen LogP contribution in [-0.2, 0) is 9.59 Å². The van der Waals surface area contributed by atoms with Crippen molar-refractivity contribution >= 4 is 23.6 Å². The van der Waals surface area contributed by atoms with Gasteiger partial charge in [-0.05, 0) is 51.7 Å². The minimum Gasteiger partial charge on any atom is -0.329 e. The van der Waals surface area contributed by atoms with Crippen LogP contribution in [0.15, 0.2) is 0 Å². The van der Waals surface area contributed by atoms with Gasteiger partial charge in [0.05, 0.1) is 0 Å². The standard InChI is InChI=1S/C15H24N2O2S/c1-10-14(18)16-8-4-3-5-13(16)15(19)17(10)11-6-7-12(9-11)20-2/h10-13H,3-9H2,1-2H3. The SMILES string of the molecule is CSC1CCC(N2C(=O)C3CCCCN3C(=O)C2C)C1. The van der Waals surface area contributed by atoms with Crippen LogP contribution in [0.3, 0.4) is 0 Å². The van der Waals surface area contributed by atoms with Gasteiger partial charge < -0.3 is 9.80 Å². The minimum atomic E-state index is -0.262. The van der Waals surface area contributed by atoms with E-state index < -0.39 is 0 Å². The van der Waals surface area contributed by atoms with Gasteiger partial charge >= 0.3 is 0 Å². The molecule has 4 nitrogen and oxygen atoms in total. The van der Waals surface area contributed by atoms with E-state index in [1.165, 1.54) is 6.42 Å². The molecule has 5 heteroatoms. The third kappa shape index (κ3) is 2.24. The van der Waals surface area contributed by atoms with Crippen molar-refractivity contribution in [3.63, 3.8) is 0 Å². The predicted molar refractivity (Wildman–Crippen MR) is 80.6 cm³/mol. The van der Waals surface area contributed by atoms with Crippen LogP contribution in [0.1, 0.15) is 45.4 Å². The quantitative estimate of drug-likeness (QED) is 0.781. The number of carbonyl (C=O) groups is 2. The molecule has 20 heavy (non-hydrogen) atoms. The predicted octanol–water partition coefficient (Wildman–Crippen LogP) is 1.88. The summed E-state index contributed by atoms with van der Waals surface area (Å²) < 4.78 is 0. The molecule has 1 aliphatic carbocycles. The van der Waals surface area contributed by atoms with Crippen LogP contribution in [0.5, 0.6) is 0 Å². The fourth-order valence-electron chi connectivity index (χ4n) is 4.05. The third-order valence-electron chi connectivity index (χ3n) is 5.18. The average Bonchev–Trinajstić information content (AvgIpc) is 2.94. The Morgan fingerprint density at radius 2 is 1.90 bits per heavy atom. The maximum absolute atomic E-state index is 12.8. The van der Waals surface area contributed by atoms with E-state index in [1.807, 2.05) is 28.5 Å². The lowest BCUT2D eigenvalue weighted by molar-refractivity contribution is -0.165. The molecular formula is C15H24N2O2S. The summed E-state index contributed by atoms with van der Waals surface area (Å²) in [5, 5.41) is 0.652. The van der Waals surface area contributed by atoms with Crippen molar-refractivity contribution in [2.24, 2.45) is 0 Å². The van der Waals surface area contributed by atoms with Gasteiger partial charge in [0.15, 0.2) is 0 Å². The van der Waals surface area contributed by atoms with Gasteiger partial charge in [-0.1, -0.05) is 0 Å². The van der Waals surface area contributed by atoms with Gasteiger partial charge in [-0.15, -0.1) is 0 Å². The van der Waals surface area contributed by atoms with Crippen molar-refractivity contribution < 1.29 is 9.59 Å². The molecule has 3 aliphatic rings. The summed E-state index contributed by atoms with van der Waals surface area (Å²) in [6.07, 6.45) is 8.39. The van der Waals surface area contributed by atoms with E-state index in [0.29, 0.717) is 5.25 Å². The van der Waals surface area contributed by atoms with Gasteiger partial charge in [-0.3, -0.25) is 9.59 Å². The number of rotatable bonds is 2. The molecule has 1 saturated carbocycles. The number of fused-ring (bicyclic) bond motifs is 1. The summed E-state index contributed by atoms with van der Waals surface area (Å²) >= 11 is 1.89. The first-order chi connectivity index (χ1) is 9.63. The summed E-state index contributed by atoms with van der Waals surface area (Å²) in [6, 6.07) is -0.147. The van der Waals surface area contributed by atoms with E-state index in [-0.39, 0.29) is 29.9 Å². The second kappa shape index (κ2) is 5.58. The van der Waals surface area contributed by atoms with Crippen LogP contribution in [0.2, 0.25) is 0 Å². The summed E-state index contributed by atoms with van der Waals surface area (Å²) in [7, 11) is 0. The number of hydrogen-bond acceptors (Lipinski definition) is 3. The summed E-state index contributed by atoms with van der Waals surface area (Å²) in [5.74, 6) is 0.380. The largest absolute Gasteiger partial charge is 0.329 e. The van der Waals surface area contributed by atoms with E-state index in [4.69, 9.17) is 0 Å². The number of hydrogen-bond donors (Lipinski definition) is 0. The van der Waals surface area contributed by atoms with Crippen molar-refractivity contribution in [2.75, 3.05) is 12.8 Å². The van der Waals surface area contributed by atoms with Crippen LogP contribution in [-0.4, -0.2) is 57.8 Å².